The van der Waals surface area contributed by atoms with Crippen molar-refractivity contribution in [3.05, 3.63) is 36.2 Å². The quantitative estimate of drug-likeness (QED) is 0.849. The number of nitrogens with zero attached hydrogens (tertiary/aromatic N) is 4. The summed E-state index contributed by atoms with van der Waals surface area (Å²) in [4.78, 5) is 6.72. The highest BCUT2D eigenvalue weighted by molar-refractivity contribution is 5.58. The molecular formula is C19H29N5. The molecule has 0 radical (unpaired) electrons. The normalized spacial score (nSPS) is 16.8. The van der Waals surface area contributed by atoms with E-state index in [4.69, 9.17) is 5.10 Å². The first-order valence-corrected chi connectivity index (χ1v) is 9.01. The number of nitrogens with one attached hydrogen (secondary N) is 1. The molecule has 0 saturated heterocycles. The molecule has 1 saturated carbocycles. The van der Waals surface area contributed by atoms with Crippen LogP contribution in [0.1, 0.15) is 44.2 Å². The van der Waals surface area contributed by atoms with Crippen molar-refractivity contribution < 1.29 is 0 Å². The second-order valence-corrected chi connectivity index (χ2v) is 7.18. The molecular weight excluding hydrogens is 298 g/mol. The van der Waals surface area contributed by atoms with E-state index in [1.165, 1.54) is 31.2 Å². The molecule has 1 aliphatic carbocycles. The van der Waals surface area contributed by atoms with E-state index in [1.807, 2.05) is 24.4 Å². The van der Waals surface area contributed by atoms with Gasteiger partial charge in [-0.15, -0.1) is 0 Å². The highest BCUT2D eigenvalue weighted by Crippen LogP contribution is 2.31. The third-order valence-electron chi connectivity index (χ3n) is 4.69. The predicted octanol–water partition coefficient (Wildman–Crippen LogP) is 3.10. The van der Waals surface area contributed by atoms with Crippen LogP contribution in [-0.2, 0) is 6.54 Å². The molecule has 2 heterocycles. The van der Waals surface area contributed by atoms with Gasteiger partial charge in [-0.3, -0.25) is 9.67 Å². The van der Waals surface area contributed by atoms with Crippen LogP contribution >= 0.6 is 0 Å². The highest BCUT2D eigenvalue weighted by Gasteiger charge is 2.21. The molecule has 1 atom stereocenters. The molecule has 1 aliphatic rings. The summed E-state index contributed by atoms with van der Waals surface area (Å²) in [5, 5.41) is 8.53. The monoisotopic (exact) mass is 327 g/mol. The fraction of sp³-hybridized carbons (Fsp3) is 0.579. The SMILES string of the molecule is C[C@@H](CN(C)C)NCc1cn(C2CCCC2)nc1-c1ccccn1. The van der Waals surface area contributed by atoms with Gasteiger partial charge in [-0.1, -0.05) is 18.9 Å². The van der Waals surface area contributed by atoms with Gasteiger partial charge in [0.25, 0.3) is 0 Å². The summed E-state index contributed by atoms with van der Waals surface area (Å²) in [6.45, 7) is 4.07. The first-order valence-electron chi connectivity index (χ1n) is 9.01. The maximum Gasteiger partial charge on any atom is 0.115 e. The number of rotatable bonds is 7. The summed E-state index contributed by atoms with van der Waals surface area (Å²) in [6.07, 6.45) is 9.19. The largest absolute Gasteiger partial charge is 0.309 e. The lowest BCUT2D eigenvalue weighted by Gasteiger charge is -2.18. The first kappa shape index (κ1) is 17.1. The number of hydrogen-bond donors (Lipinski definition) is 1. The van der Waals surface area contributed by atoms with Crippen LogP contribution in [0.4, 0.5) is 0 Å². The number of aromatic nitrogens is 3. The molecule has 0 bridgehead atoms. The molecule has 3 rings (SSSR count). The lowest BCUT2D eigenvalue weighted by atomic mass is 10.1. The van der Waals surface area contributed by atoms with Crippen molar-refractivity contribution in [3.8, 4) is 11.4 Å². The zero-order valence-electron chi connectivity index (χ0n) is 15.1. The number of hydrogen-bond acceptors (Lipinski definition) is 4. The topological polar surface area (TPSA) is 46.0 Å². The molecule has 0 amide bonds. The molecule has 0 unspecified atom stereocenters. The third kappa shape index (κ3) is 4.22. The van der Waals surface area contributed by atoms with E-state index in [0.717, 1.165) is 24.5 Å². The van der Waals surface area contributed by atoms with Crippen LogP contribution in [0.25, 0.3) is 11.4 Å². The summed E-state index contributed by atoms with van der Waals surface area (Å²) in [7, 11) is 4.21. The van der Waals surface area contributed by atoms with E-state index in [2.05, 4.69) is 47.1 Å². The van der Waals surface area contributed by atoms with Gasteiger partial charge in [0, 0.05) is 37.1 Å². The zero-order chi connectivity index (χ0) is 16.9. The predicted molar refractivity (Wildman–Crippen MR) is 97.8 cm³/mol. The zero-order valence-corrected chi connectivity index (χ0v) is 15.1. The Labute approximate surface area is 145 Å². The maximum absolute atomic E-state index is 4.91. The summed E-state index contributed by atoms with van der Waals surface area (Å²) < 4.78 is 2.19. The van der Waals surface area contributed by atoms with Gasteiger partial charge in [-0.2, -0.15) is 5.10 Å². The Bertz CT molecular complexity index is 628. The molecule has 1 N–H and O–H groups in total. The molecule has 2 aromatic rings. The van der Waals surface area contributed by atoms with Crippen molar-refractivity contribution in [2.45, 2.75) is 51.2 Å². The van der Waals surface area contributed by atoms with Crippen molar-refractivity contribution in [2.75, 3.05) is 20.6 Å². The van der Waals surface area contributed by atoms with Gasteiger partial charge in [-0.25, -0.2) is 0 Å². The van der Waals surface area contributed by atoms with Crippen LogP contribution < -0.4 is 5.32 Å². The van der Waals surface area contributed by atoms with Crippen LogP contribution in [-0.4, -0.2) is 46.3 Å². The van der Waals surface area contributed by atoms with Crippen molar-refractivity contribution in [3.63, 3.8) is 0 Å². The summed E-state index contributed by atoms with van der Waals surface area (Å²) in [6, 6.07) is 7.03. The lowest BCUT2D eigenvalue weighted by Crippen LogP contribution is -2.35. The van der Waals surface area contributed by atoms with E-state index in [-0.39, 0.29) is 0 Å². The van der Waals surface area contributed by atoms with Crippen molar-refractivity contribution >= 4 is 0 Å². The van der Waals surface area contributed by atoms with E-state index in [9.17, 15) is 0 Å². The Balaban J connectivity index is 1.80. The van der Waals surface area contributed by atoms with Gasteiger partial charge in [0.15, 0.2) is 0 Å². The molecule has 1 fully saturated rings. The van der Waals surface area contributed by atoms with Gasteiger partial charge in [0.2, 0.25) is 0 Å². The molecule has 5 nitrogen and oxygen atoms in total. The average molecular weight is 327 g/mol. The van der Waals surface area contributed by atoms with Gasteiger partial charge in [-0.05, 0) is 46.0 Å². The van der Waals surface area contributed by atoms with E-state index >= 15 is 0 Å². The summed E-state index contributed by atoms with van der Waals surface area (Å²) >= 11 is 0. The van der Waals surface area contributed by atoms with Crippen LogP contribution in [0.2, 0.25) is 0 Å². The Morgan fingerprint density at radius 2 is 2.08 bits per heavy atom. The molecule has 2 aromatic heterocycles. The fourth-order valence-corrected chi connectivity index (χ4v) is 3.53. The van der Waals surface area contributed by atoms with Crippen LogP contribution in [0.15, 0.2) is 30.6 Å². The highest BCUT2D eigenvalue weighted by atomic mass is 15.3. The Kier molecular flexibility index (Phi) is 5.63. The van der Waals surface area contributed by atoms with E-state index < -0.39 is 0 Å². The van der Waals surface area contributed by atoms with Gasteiger partial charge >= 0.3 is 0 Å². The summed E-state index contributed by atoms with van der Waals surface area (Å²) in [5.74, 6) is 0. The van der Waals surface area contributed by atoms with Crippen molar-refractivity contribution in [1.29, 1.82) is 0 Å². The standard InChI is InChI=1S/C19H29N5/c1-15(13-23(2)3)21-12-16-14-24(17-8-4-5-9-17)22-19(16)18-10-6-7-11-20-18/h6-7,10-11,14-15,17,21H,4-5,8-9,12-13H2,1-3H3/t15-/m0/s1. The maximum atomic E-state index is 4.91. The van der Waals surface area contributed by atoms with Crippen LogP contribution in [0.5, 0.6) is 0 Å². The smallest absolute Gasteiger partial charge is 0.115 e. The van der Waals surface area contributed by atoms with E-state index in [1.54, 1.807) is 0 Å². The molecule has 130 valence electrons. The fourth-order valence-electron chi connectivity index (χ4n) is 3.53. The second kappa shape index (κ2) is 7.90. The Morgan fingerprint density at radius 1 is 1.29 bits per heavy atom. The molecule has 5 heteroatoms. The molecule has 0 aromatic carbocycles. The first-order chi connectivity index (χ1) is 11.6. The minimum Gasteiger partial charge on any atom is -0.309 e. The van der Waals surface area contributed by atoms with Crippen molar-refractivity contribution in [1.82, 2.24) is 25.0 Å². The summed E-state index contributed by atoms with van der Waals surface area (Å²) in [5.41, 5.74) is 3.23. The Hall–Kier alpha value is -1.72. The van der Waals surface area contributed by atoms with Crippen molar-refractivity contribution in [2.24, 2.45) is 0 Å². The number of pyridine rings is 1. The van der Waals surface area contributed by atoms with Gasteiger partial charge in [0.1, 0.15) is 5.69 Å². The Morgan fingerprint density at radius 3 is 2.75 bits per heavy atom. The average Bonchev–Trinajstić information content (AvgIpc) is 3.22. The molecule has 0 spiro atoms. The minimum atomic E-state index is 0.436. The second-order valence-electron chi connectivity index (χ2n) is 7.18. The number of likely N-dealkylation sites (N-methyl/N-ethyl adjacent to an activating group) is 1. The lowest BCUT2D eigenvalue weighted by molar-refractivity contribution is 0.349. The molecule has 24 heavy (non-hydrogen) atoms. The van der Waals surface area contributed by atoms with Gasteiger partial charge in [0.05, 0.1) is 11.7 Å². The van der Waals surface area contributed by atoms with Crippen LogP contribution in [0, 0.1) is 0 Å². The van der Waals surface area contributed by atoms with Gasteiger partial charge < -0.3 is 10.2 Å². The van der Waals surface area contributed by atoms with E-state index in [0.29, 0.717) is 12.1 Å². The third-order valence-corrected chi connectivity index (χ3v) is 4.69. The van der Waals surface area contributed by atoms with Crippen LogP contribution in [0.3, 0.4) is 0 Å². The minimum absolute atomic E-state index is 0.436. The molecule has 0 aliphatic heterocycles.